The molecule has 0 saturated carbocycles. The van der Waals surface area contributed by atoms with Gasteiger partial charge in [0.2, 0.25) is 0 Å². The lowest BCUT2D eigenvalue weighted by Gasteiger charge is -2.11. The summed E-state index contributed by atoms with van der Waals surface area (Å²) in [4.78, 5) is 0.0251. The molecule has 31 heavy (non-hydrogen) atoms. The Hall–Kier alpha value is -2.37. The smallest absolute Gasteiger partial charge is 0.435 e. The highest BCUT2D eigenvalue weighted by molar-refractivity contribution is 9.10. The minimum atomic E-state index is -4.66. The fourth-order valence-corrected chi connectivity index (χ4v) is 4.61. The summed E-state index contributed by atoms with van der Waals surface area (Å²) in [6.45, 7) is -0.257. The Morgan fingerprint density at radius 1 is 1.13 bits per heavy atom. The van der Waals surface area contributed by atoms with Gasteiger partial charge < -0.3 is 9.84 Å². The number of aliphatic hydroxyl groups is 1. The number of rotatable bonds is 7. The fourth-order valence-electron chi connectivity index (χ4n) is 2.91. The average molecular weight is 519 g/mol. The second-order valence-electron chi connectivity index (χ2n) is 6.56. The van der Waals surface area contributed by atoms with Gasteiger partial charge in [0.15, 0.2) is 15.5 Å². The van der Waals surface area contributed by atoms with Crippen molar-refractivity contribution >= 4 is 25.8 Å². The van der Waals surface area contributed by atoms with Gasteiger partial charge in [-0.25, -0.2) is 13.1 Å². The number of aliphatic hydroxyl groups excluding tert-OH is 1. The van der Waals surface area contributed by atoms with Gasteiger partial charge in [0.05, 0.1) is 33.6 Å². The normalized spacial score (nSPS) is 12.2. The lowest BCUT2D eigenvalue weighted by Crippen LogP contribution is -2.08. The Morgan fingerprint density at radius 3 is 2.39 bits per heavy atom. The van der Waals surface area contributed by atoms with E-state index in [0.29, 0.717) is 21.5 Å². The van der Waals surface area contributed by atoms with Gasteiger partial charge in [-0.1, -0.05) is 12.1 Å². The molecule has 0 spiro atoms. The summed E-state index contributed by atoms with van der Waals surface area (Å²) >= 11 is 3.30. The fraction of sp³-hybridized carbons (Fsp3) is 0.250. The first-order chi connectivity index (χ1) is 14.6. The lowest BCUT2D eigenvalue weighted by atomic mass is 10.1. The Balaban J connectivity index is 2.09. The Labute approximate surface area is 185 Å². The number of halogens is 4. The third kappa shape index (κ3) is 5.10. The monoisotopic (exact) mass is 518 g/mol. The predicted molar refractivity (Wildman–Crippen MR) is 112 cm³/mol. The zero-order chi connectivity index (χ0) is 22.8. The molecular weight excluding hydrogens is 501 g/mol. The minimum absolute atomic E-state index is 0.0251. The number of benzene rings is 2. The molecule has 0 aliphatic carbocycles. The van der Waals surface area contributed by atoms with Crippen LogP contribution in [0.5, 0.6) is 5.75 Å². The van der Waals surface area contributed by atoms with E-state index in [0.717, 1.165) is 10.7 Å². The summed E-state index contributed by atoms with van der Waals surface area (Å²) in [7, 11) is -2.16. The van der Waals surface area contributed by atoms with Crippen molar-refractivity contribution in [1.29, 1.82) is 0 Å². The van der Waals surface area contributed by atoms with Gasteiger partial charge in [-0.2, -0.15) is 18.3 Å². The topological polar surface area (TPSA) is 81.4 Å². The number of ether oxygens (including phenoxy) is 1. The zero-order valence-electron chi connectivity index (χ0n) is 16.2. The van der Waals surface area contributed by atoms with Crippen LogP contribution in [-0.2, 0) is 16.0 Å². The molecule has 2 aromatic carbocycles. The van der Waals surface area contributed by atoms with E-state index in [1.165, 1.54) is 37.4 Å². The molecule has 3 aromatic rings. The molecule has 0 unspecified atom stereocenters. The highest BCUT2D eigenvalue weighted by Crippen LogP contribution is 2.35. The van der Waals surface area contributed by atoms with Crippen molar-refractivity contribution in [2.24, 2.45) is 0 Å². The van der Waals surface area contributed by atoms with Gasteiger partial charge >= 0.3 is 6.18 Å². The number of sulfone groups is 1. The van der Waals surface area contributed by atoms with Gasteiger partial charge in [0.1, 0.15) is 5.75 Å². The standard InChI is InChI=1S/C20H18BrF3N2O4S/c1-30-18-11-14(5-8-16(18)21)26-17(12-19(25-26)20(22,23)24)13-3-6-15(7-4-13)31(28,29)10-2-9-27/h3-8,11-12,27H,2,9-10H2,1H3. The molecule has 0 aliphatic rings. The largest absolute Gasteiger partial charge is 0.495 e. The molecule has 0 saturated heterocycles. The van der Waals surface area contributed by atoms with Gasteiger partial charge in [-0.3, -0.25) is 0 Å². The summed E-state index contributed by atoms with van der Waals surface area (Å²) in [5.41, 5.74) is -0.253. The van der Waals surface area contributed by atoms with E-state index in [9.17, 15) is 21.6 Å². The molecule has 0 fully saturated rings. The first kappa shape index (κ1) is 23.3. The van der Waals surface area contributed by atoms with Crippen molar-refractivity contribution < 1.29 is 31.4 Å². The third-order valence-corrected chi connectivity index (χ3v) is 6.93. The molecule has 1 aromatic heterocycles. The molecule has 1 N–H and O–H groups in total. The average Bonchev–Trinajstić information content (AvgIpc) is 3.19. The Morgan fingerprint density at radius 2 is 1.81 bits per heavy atom. The van der Waals surface area contributed by atoms with Crippen molar-refractivity contribution in [3.05, 3.63) is 58.7 Å². The van der Waals surface area contributed by atoms with E-state index in [4.69, 9.17) is 9.84 Å². The molecule has 1 heterocycles. The number of nitrogens with zero attached hydrogens (tertiary/aromatic N) is 2. The van der Waals surface area contributed by atoms with Crippen LogP contribution in [0.3, 0.4) is 0 Å². The van der Waals surface area contributed by atoms with E-state index < -0.39 is 21.7 Å². The third-order valence-electron chi connectivity index (χ3n) is 4.46. The molecule has 0 amide bonds. The van der Waals surface area contributed by atoms with E-state index >= 15 is 0 Å². The van der Waals surface area contributed by atoms with Crippen LogP contribution in [0.1, 0.15) is 12.1 Å². The molecule has 11 heteroatoms. The summed E-state index contributed by atoms with van der Waals surface area (Å²) < 4.78 is 71.6. The maximum absolute atomic E-state index is 13.4. The van der Waals surface area contributed by atoms with E-state index in [-0.39, 0.29) is 29.4 Å². The van der Waals surface area contributed by atoms with E-state index in [2.05, 4.69) is 21.0 Å². The lowest BCUT2D eigenvalue weighted by molar-refractivity contribution is -0.141. The molecule has 0 radical (unpaired) electrons. The summed E-state index contributed by atoms with van der Waals surface area (Å²) in [5.74, 6) is 0.190. The highest BCUT2D eigenvalue weighted by atomic mass is 79.9. The molecule has 0 aliphatic heterocycles. The Bertz CT molecular complexity index is 1180. The maximum atomic E-state index is 13.4. The predicted octanol–water partition coefficient (Wildman–Crippen LogP) is 4.49. The van der Waals surface area contributed by atoms with Gasteiger partial charge in [-0.15, -0.1) is 0 Å². The first-order valence-electron chi connectivity index (χ1n) is 9.02. The van der Waals surface area contributed by atoms with Crippen molar-refractivity contribution in [3.63, 3.8) is 0 Å². The quantitative estimate of drug-likeness (QED) is 0.498. The highest BCUT2D eigenvalue weighted by Gasteiger charge is 2.35. The molecule has 166 valence electrons. The van der Waals surface area contributed by atoms with Crippen molar-refractivity contribution in [2.75, 3.05) is 19.5 Å². The SMILES string of the molecule is COc1cc(-n2nc(C(F)(F)F)cc2-c2ccc(S(=O)(=O)CCCO)cc2)ccc1Br. The van der Waals surface area contributed by atoms with Crippen LogP contribution < -0.4 is 4.74 Å². The van der Waals surface area contributed by atoms with Gasteiger partial charge in [-0.05, 0) is 52.7 Å². The number of hydrogen-bond acceptors (Lipinski definition) is 5. The second kappa shape index (κ2) is 9.01. The Kier molecular flexibility index (Phi) is 6.77. The second-order valence-corrected chi connectivity index (χ2v) is 9.53. The maximum Gasteiger partial charge on any atom is 0.435 e. The van der Waals surface area contributed by atoms with Crippen LogP contribution >= 0.6 is 15.9 Å². The molecular formula is C20H18BrF3N2O4S. The van der Waals surface area contributed by atoms with Crippen LogP contribution in [0.4, 0.5) is 13.2 Å². The van der Waals surface area contributed by atoms with Crippen LogP contribution in [-0.4, -0.2) is 42.8 Å². The van der Waals surface area contributed by atoms with Crippen molar-refractivity contribution in [1.82, 2.24) is 9.78 Å². The van der Waals surface area contributed by atoms with Gasteiger partial charge in [0, 0.05) is 18.2 Å². The number of methoxy groups -OCH3 is 1. The minimum Gasteiger partial charge on any atom is -0.495 e. The molecule has 6 nitrogen and oxygen atoms in total. The number of aromatic nitrogens is 2. The summed E-state index contributed by atoms with van der Waals surface area (Å²) in [6, 6.07) is 11.2. The first-order valence-corrected chi connectivity index (χ1v) is 11.5. The van der Waals surface area contributed by atoms with Crippen molar-refractivity contribution in [2.45, 2.75) is 17.5 Å². The van der Waals surface area contributed by atoms with Crippen LogP contribution in [0.15, 0.2) is 57.9 Å². The number of hydrogen-bond donors (Lipinski definition) is 1. The van der Waals surface area contributed by atoms with Gasteiger partial charge in [0.25, 0.3) is 0 Å². The summed E-state index contributed by atoms with van der Waals surface area (Å²) in [6.07, 6.45) is -4.57. The molecule has 0 atom stereocenters. The summed E-state index contributed by atoms with van der Waals surface area (Å²) in [5, 5.41) is 12.6. The van der Waals surface area contributed by atoms with E-state index in [1.54, 1.807) is 12.1 Å². The van der Waals surface area contributed by atoms with Crippen molar-refractivity contribution in [3.8, 4) is 22.7 Å². The van der Waals surface area contributed by atoms with E-state index in [1.807, 2.05) is 0 Å². The zero-order valence-corrected chi connectivity index (χ0v) is 18.6. The molecule has 0 bridgehead atoms. The van der Waals surface area contributed by atoms with Crippen LogP contribution in [0.25, 0.3) is 16.9 Å². The van der Waals surface area contributed by atoms with Crippen LogP contribution in [0.2, 0.25) is 0 Å². The molecule has 3 rings (SSSR count). The number of alkyl halides is 3. The van der Waals surface area contributed by atoms with Crippen LogP contribution in [0, 0.1) is 0 Å².